The Labute approximate surface area is 137 Å². The molecule has 3 nitrogen and oxygen atoms in total. The molecule has 2 bridgehead atoms. The van der Waals surface area contributed by atoms with Crippen LogP contribution >= 0.6 is 0 Å². The van der Waals surface area contributed by atoms with E-state index in [2.05, 4.69) is 64.7 Å². The molecular weight excluding hydrogens is 284 g/mol. The molecule has 118 valence electrons. The molecule has 2 saturated carbocycles. The first-order valence-electron chi connectivity index (χ1n) is 8.44. The molecule has 0 spiro atoms. The summed E-state index contributed by atoms with van der Waals surface area (Å²) >= 11 is 0. The van der Waals surface area contributed by atoms with E-state index < -0.39 is 0 Å². The molecule has 3 atom stereocenters. The molecule has 2 aliphatic carbocycles. The van der Waals surface area contributed by atoms with Crippen LogP contribution in [-0.4, -0.2) is 17.0 Å². The van der Waals surface area contributed by atoms with Crippen molar-refractivity contribution in [3.63, 3.8) is 0 Å². The second-order valence-corrected chi connectivity index (χ2v) is 6.69. The minimum atomic E-state index is 0.223. The molecule has 0 amide bonds. The number of benzene rings is 2. The lowest BCUT2D eigenvalue weighted by molar-refractivity contribution is 0.311. The van der Waals surface area contributed by atoms with Crippen molar-refractivity contribution in [2.75, 3.05) is 4.90 Å². The third-order valence-corrected chi connectivity index (χ3v) is 5.38. The van der Waals surface area contributed by atoms with Crippen molar-refractivity contribution >= 4 is 11.4 Å². The summed E-state index contributed by atoms with van der Waals surface area (Å²) in [5, 5.41) is 13.3. The first-order valence-corrected chi connectivity index (χ1v) is 8.44. The Morgan fingerprint density at radius 3 is 2.35 bits per heavy atom. The molecule has 2 fully saturated rings. The van der Waals surface area contributed by atoms with E-state index >= 15 is 0 Å². The Bertz CT molecular complexity index is 683. The van der Waals surface area contributed by atoms with E-state index in [9.17, 15) is 5.21 Å². The fourth-order valence-electron chi connectivity index (χ4n) is 4.36. The van der Waals surface area contributed by atoms with E-state index in [1.165, 1.54) is 30.5 Å². The van der Waals surface area contributed by atoms with Gasteiger partial charge in [0.15, 0.2) is 0 Å². The lowest BCUT2D eigenvalue weighted by Gasteiger charge is -2.36. The Kier molecular flexibility index (Phi) is 3.78. The summed E-state index contributed by atoms with van der Waals surface area (Å²) in [4.78, 5) is 2.42. The van der Waals surface area contributed by atoms with Crippen molar-refractivity contribution in [1.82, 2.24) is 0 Å². The zero-order chi connectivity index (χ0) is 15.6. The lowest BCUT2D eigenvalue weighted by Crippen LogP contribution is -2.44. The van der Waals surface area contributed by atoms with Gasteiger partial charge in [-0.1, -0.05) is 53.7 Å². The molecule has 0 aromatic heterocycles. The van der Waals surface area contributed by atoms with Gasteiger partial charge in [-0.15, -0.1) is 0 Å². The van der Waals surface area contributed by atoms with Crippen LogP contribution in [0.2, 0.25) is 0 Å². The number of anilines is 1. The average Bonchev–Trinajstić information content (AvgIpc) is 3.22. The van der Waals surface area contributed by atoms with Gasteiger partial charge in [0.25, 0.3) is 0 Å². The first kappa shape index (κ1) is 14.3. The molecule has 0 aliphatic heterocycles. The van der Waals surface area contributed by atoms with Gasteiger partial charge >= 0.3 is 0 Å². The Morgan fingerprint density at radius 1 is 0.957 bits per heavy atom. The number of fused-ring (bicyclic) bond motifs is 2. The summed E-state index contributed by atoms with van der Waals surface area (Å²) in [6, 6.07) is 21.3. The highest BCUT2D eigenvalue weighted by atomic mass is 16.4. The zero-order valence-electron chi connectivity index (χ0n) is 13.2. The smallest absolute Gasteiger partial charge is 0.0828 e. The summed E-state index contributed by atoms with van der Waals surface area (Å²) in [5.41, 5.74) is 3.48. The molecule has 0 saturated heterocycles. The van der Waals surface area contributed by atoms with Crippen LogP contribution in [0.5, 0.6) is 0 Å². The van der Waals surface area contributed by atoms with Crippen molar-refractivity contribution in [3.8, 4) is 0 Å². The Hall–Kier alpha value is -2.29. The van der Waals surface area contributed by atoms with Crippen LogP contribution in [0.15, 0.2) is 65.8 Å². The predicted octanol–water partition coefficient (Wildman–Crippen LogP) is 4.32. The minimum absolute atomic E-state index is 0.223. The maximum atomic E-state index is 9.58. The predicted molar refractivity (Wildman–Crippen MR) is 92.9 cm³/mol. The highest BCUT2D eigenvalue weighted by molar-refractivity contribution is 5.97. The summed E-state index contributed by atoms with van der Waals surface area (Å²) in [6.45, 7) is 0.845. The highest BCUT2D eigenvalue weighted by Crippen LogP contribution is 2.46. The van der Waals surface area contributed by atoms with Crippen LogP contribution in [0, 0.1) is 11.8 Å². The number of rotatable bonds is 4. The third-order valence-electron chi connectivity index (χ3n) is 5.38. The van der Waals surface area contributed by atoms with Gasteiger partial charge in [-0.25, -0.2) is 0 Å². The summed E-state index contributed by atoms with van der Waals surface area (Å²) in [5.74, 6) is 1.08. The summed E-state index contributed by atoms with van der Waals surface area (Å²) in [6.07, 6.45) is 3.59. The quantitative estimate of drug-likeness (QED) is 0.674. The molecule has 0 unspecified atom stereocenters. The van der Waals surface area contributed by atoms with E-state index in [1.54, 1.807) is 0 Å². The van der Waals surface area contributed by atoms with E-state index in [4.69, 9.17) is 0 Å². The van der Waals surface area contributed by atoms with Gasteiger partial charge in [-0.2, -0.15) is 0 Å². The molecule has 3 heteroatoms. The van der Waals surface area contributed by atoms with Crippen molar-refractivity contribution in [3.05, 3.63) is 66.2 Å². The Balaban J connectivity index is 1.71. The van der Waals surface area contributed by atoms with Gasteiger partial charge in [0.05, 0.1) is 11.8 Å². The van der Waals surface area contributed by atoms with Crippen LogP contribution in [0.1, 0.15) is 24.8 Å². The van der Waals surface area contributed by atoms with Gasteiger partial charge in [0.1, 0.15) is 0 Å². The number of hydrogen-bond donors (Lipinski definition) is 1. The molecule has 1 N–H and O–H groups in total. The van der Waals surface area contributed by atoms with Gasteiger partial charge in [0.2, 0.25) is 0 Å². The molecule has 2 aromatic carbocycles. The van der Waals surface area contributed by atoms with Crippen LogP contribution in [0.4, 0.5) is 5.69 Å². The van der Waals surface area contributed by atoms with Crippen molar-refractivity contribution < 1.29 is 5.21 Å². The lowest BCUT2D eigenvalue weighted by atomic mass is 9.91. The molecule has 0 heterocycles. The topological polar surface area (TPSA) is 35.8 Å². The first-order chi connectivity index (χ1) is 11.4. The normalized spacial score (nSPS) is 27.5. The number of nitrogens with zero attached hydrogens (tertiary/aromatic N) is 2. The van der Waals surface area contributed by atoms with Crippen molar-refractivity contribution in [2.24, 2.45) is 17.0 Å². The van der Waals surface area contributed by atoms with Crippen molar-refractivity contribution in [1.29, 1.82) is 0 Å². The Morgan fingerprint density at radius 2 is 1.65 bits per heavy atom. The number of oxime groups is 1. The van der Waals surface area contributed by atoms with E-state index in [-0.39, 0.29) is 6.04 Å². The molecular formula is C20H22N2O. The fraction of sp³-hybridized carbons (Fsp3) is 0.350. The minimum Gasteiger partial charge on any atom is -0.411 e. The van der Waals surface area contributed by atoms with Gasteiger partial charge in [-0.05, 0) is 42.9 Å². The maximum absolute atomic E-state index is 9.58. The third kappa shape index (κ3) is 2.61. The summed E-state index contributed by atoms with van der Waals surface area (Å²) < 4.78 is 0. The molecule has 2 aromatic rings. The van der Waals surface area contributed by atoms with Crippen LogP contribution in [0.25, 0.3) is 0 Å². The van der Waals surface area contributed by atoms with E-state index in [0.717, 1.165) is 12.3 Å². The van der Waals surface area contributed by atoms with Crippen LogP contribution in [-0.2, 0) is 6.54 Å². The standard InChI is InChI=1S/C20H22N2O/c23-21-19-16-11-12-17(13-16)20(19)22(18-9-5-2-6-10-18)14-15-7-3-1-4-8-15/h1-10,16-17,20,23H,11-14H2/b21-19-/t16-,17+,20-/m0/s1. The monoisotopic (exact) mass is 306 g/mol. The van der Waals surface area contributed by atoms with Crippen LogP contribution < -0.4 is 4.90 Å². The van der Waals surface area contributed by atoms with Crippen molar-refractivity contribution in [2.45, 2.75) is 31.8 Å². The number of para-hydroxylation sites is 1. The SMILES string of the molecule is O/N=C1/[C@H]2CC[C@H](C2)[C@@H]1N(Cc1ccccc1)c1ccccc1. The largest absolute Gasteiger partial charge is 0.411 e. The van der Waals surface area contributed by atoms with Gasteiger partial charge in [-0.3, -0.25) is 0 Å². The fourth-order valence-corrected chi connectivity index (χ4v) is 4.36. The molecule has 0 radical (unpaired) electrons. The number of hydrogen-bond acceptors (Lipinski definition) is 3. The van der Waals surface area contributed by atoms with Crippen LogP contribution in [0.3, 0.4) is 0 Å². The maximum Gasteiger partial charge on any atom is 0.0828 e. The second kappa shape index (κ2) is 6.07. The van der Waals surface area contributed by atoms with E-state index in [0.29, 0.717) is 11.8 Å². The summed E-state index contributed by atoms with van der Waals surface area (Å²) in [7, 11) is 0. The second-order valence-electron chi connectivity index (χ2n) is 6.69. The highest BCUT2D eigenvalue weighted by Gasteiger charge is 2.48. The molecule has 4 rings (SSSR count). The molecule has 23 heavy (non-hydrogen) atoms. The van der Waals surface area contributed by atoms with Gasteiger partial charge < -0.3 is 10.1 Å². The van der Waals surface area contributed by atoms with Gasteiger partial charge in [0, 0.05) is 18.2 Å². The average molecular weight is 306 g/mol. The van der Waals surface area contributed by atoms with E-state index in [1.807, 2.05) is 6.07 Å². The molecule has 2 aliphatic rings. The zero-order valence-corrected chi connectivity index (χ0v) is 13.2.